The molecule has 2 heterocycles. The second-order valence-electron chi connectivity index (χ2n) is 4.99. The van der Waals surface area contributed by atoms with Crippen LogP contribution in [0.3, 0.4) is 0 Å². The summed E-state index contributed by atoms with van der Waals surface area (Å²) in [5.41, 5.74) is 2.03. The van der Waals surface area contributed by atoms with Gasteiger partial charge in [-0.3, -0.25) is 4.79 Å². The van der Waals surface area contributed by atoms with Crippen molar-refractivity contribution in [2.24, 2.45) is 0 Å². The zero-order valence-corrected chi connectivity index (χ0v) is 12.2. The zero-order valence-electron chi connectivity index (χ0n) is 11.4. The summed E-state index contributed by atoms with van der Waals surface area (Å²) in [4.78, 5) is 25.5. The summed E-state index contributed by atoms with van der Waals surface area (Å²) in [7, 11) is 0. The molecule has 3 rings (SSSR count). The lowest BCUT2D eigenvalue weighted by atomic mass is 10.1. The normalized spacial score (nSPS) is 17.8. The maximum Gasteiger partial charge on any atom is 0.416 e. The van der Waals surface area contributed by atoms with Crippen molar-refractivity contribution in [2.75, 3.05) is 6.61 Å². The van der Waals surface area contributed by atoms with Gasteiger partial charge in [-0.05, 0) is 34.4 Å². The van der Waals surface area contributed by atoms with Gasteiger partial charge in [0.25, 0.3) is 0 Å². The van der Waals surface area contributed by atoms with Gasteiger partial charge in [-0.15, -0.1) is 0 Å². The van der Waals surface area contributed by atoms with Crippen molar-refractivity contribution in [1.29, 1.82) is 0 Å². The van der Waals surface area contributed by atoms with Crippen LogP contribution in [-0.2, 0) is 22.4 Å². The fourth-order valence-electron chi connectivity index (χ4n) is 2.46. The largest absolute Gasteiger partial charge is 0.447 e. The summed E-state index contributed by atoms with van der Waals surface area (Å²) in [6.07, 6.45) is 0.336. The Bertz CT molecular complexity index is 624. The molecule has 0 radical (unpaired) electrons. The Hall–Kier alpha value is -2.14. The van der Waals surface area contributed by atoms with Crippen molar-refractivity contribution in [1.82, 2.24) is 4.90 Å². The Labute approximate surface area is 127 Å². The third kappa shape index (κ3) is 3.13. The lowest BCUT2D eigenvalue weighted by molar-refractivity contribution is -0.128. The Morgan fingerprint density at radius 3 is 2.76 bits per heavy atom. The van der Waals surface area contributed by atoms with Crippen molar-refractivity contribution in [3.05, 3.63) is 58.3 Å². The van der Waals surface area contributed by atoms with E-state index in [1.807, 2.05) is 47.2 Å². The highest BCUT2D eigenvalue weighted by Gasteiger charge is 2.37. The third-order valence-corrected chi connectivity index (χ3v) is 4.21. The molecule has 0 aliphatic carbocycles. The number of hydrogen-bond acceptors (Lipinski definition) is 4. The summed E-state index contributed by atoms with van der Waals surface area (Å²) >= 11 is 1.54. The van der Waals surface area contributed by atoms with Crippen molar-refractivity contribution in [3.8, 4) is 0 Å². The van der Waals surface area contributed by atoms with Gasteiger partial charge < -0.3 is 4.74 Å². The monoisotopic (exact) mass is 301 g/mol. The SMILES string of the molecule is O=C(Cc1ccsc1)N1C(=O)OC[C@@H]1Cc1ccccc1. The summed E-state index contributed by atoms with van der Waals surface area (Å²) in [5, 5.41) is 3.85. The fraction of sp³-hybridized carbons (Fsp3) is 0.250. The number of carbonyl (C=O) groups excluding carboxylic acids is 2. The molecule has 0 saturated carbocycles. The first-order chi connectivity index (χ1) is 10.2. The van der Waals surface area contributed by atoms with Crippen LogP contribution in [0.1, 0.15) is 11.1 Å². The van der Waals surface area contributed by atoms with Crippen LogP contribution >= 0.6 is 11.3 Å². The van der Waals surface area contributed by atoms with E-state index in [0.29, 0.717) is 6.42 Å². The number of cyclic esters (lactones) is 1. The number of ether oxygens (including phenoxy) is 1. The standard InChI is InChI=1S/C16H15NO3S/c18-15(9-13-6-7-21-11-13)17-14(10-20-16(17)19)8-12-4-2-1-3-5-12/h1-7,11,14H,8-10H2/t14-/m0/s1. The number of rotatable bonds is 4. The van der Waals surface area contributed by atoms with Gasteiger partial charge in [0, 0.05) is 0 Å². The molecular weight excluding hydrogens is 286 g/mol. The van der Waals surface area contributed by atoms with Crippen molar-refractivity contribution in [3.63, 3.8) is 0 Å². The molecule has 1 aromatic heterocycles. The van der Waals surface area contributed by atoms with Crippen molar-refractivity contribution < 1.29 is 14.3 Å². The Kier molecular flexibility index (Phi) is 4.01. The van der Waals surface area contributed by atoms with Crippen LogP contribution in [0.15, 0.2) is 47.2 Å². The van der Waals surface area contributed by atoms with E-state index in [1.54, 1.807) is 11.3 Å². The molecule has 1 saturated heterocycles. The second-order valence-corrected chi connectivity index (χ2v) is 5.77. The molecule has 1 fully saturated rings. The van der Waals surface area contributed by atoms with E-state index < -0.39 is 6.09 Å². The van der Waals surface area contributed by atoms with Crippen LogP contribution in [0.2, 0.25) is 0 Å². The minimum Gasteiger partial charge on any atom is -0.447 e. The van der Waals surface area contributed by atoms with E-state index >= 15 is 0 Å². The van der Waals surface area contributed by atoms with Gasteiger partial charge in [-0.1, -0.05) is 30.3 Å². The molecule has 0 spiro atoms. The molecule has 4 nitrogen and oxygen atoms in total. The summed E-state index contributed by atoms with van der Waals surface area (Å²) in [6.45, 7) is 0.267. The Morgan fingerprint density at radius 2 is 2.05 bits per heavy atom. The average molecular weight is 301 g/mol. The lowest BCUT2D eigenvalue weighted by Gasteiger charge is -2.19. The Balaban J connectivity index is 1.71. The van der Waals surface area contributed by atoms with Gasteiger partial charge in [0.05, 0.1) is 12.5 Å². The van der Waals surface area contributed by atoms with E-state index in [4.69, 9.17) is 4.74 Å². The van der Waals surface area contributed by atoms with E-state index in [9.17, 15) is 9.59 Å². The molecule has 1 aliphatic heterocycles. The van der Waals surface area contributed by atoms with Crippen LogP contribution < -0.4 is 0 Å². The summed E-state index contributed by atoms with van der Waals surface area (Å²) in [5.74, 6) is -0.197. The minimum atomic E-state index is -0.531. The van der Waals surface area contributed by atoms with Gasteiger partial charge in [0.1, 0.15) is 6.61 Å². The molecule has 1 atom stereocenters. The van der Waals surface area contributed by atoms with Gasteiger partial charge in [-0.25, -0.2) is 9.69 Å². The highest BCUT2D eigenvalue weighted by Crippen LogP contribution is 2.19. The van der Waals surface area contributed by atoms with E-state index in [-0.39, 0.29) is 25.0 Å². The molecule has 108 valence electrons. The second kappa shape index (κ2) is 6.10. The van der Waals surface area contributed by atoms with Crippen LogP contribution in [0.5, 0.6) is 0 Å². The zero-order chi connectivity index (χ0) is 14.7. The maximum atomic E-state index is 12.4. The Morgan fingerprint density at radius 1 is 1.24 bits per heavy atom. The number of carbonyl (C=O) groups is 2. The fourth-order valence-corrected chi connectivity index (χ4v) is 3.12. The highest BCUT2D eigenvalue weighted by molar-refractivity contribution is 7.08. The summed E-state index contributed by atoms with van der Waals surface area (Å²) in [6, 6.07) is 11.5. The van der Waals surface area contributed by atoms with Crippen molar-refractivity contribution >= 4 is 23.3 Å². The molecule has 0 N–H and O–H groups in total. The molecule has 2 aromatic rings. The number of benzene rings is 1. The maximum absolute atomic E-state index is 12.4. The van der Waals surface area contributed by atoms with Gasteiger partial charge in [0.2, 0.25) is 5.91 Å². The molecule has 0 bridgehead atoms. The molecular formula is C16H15NO3S. The van der Waals surface area contributed by atoms with Gasteiger partial charge in [0.15, 0.2) is 0 Å². The average Bonchev–Trinajstić information content (AvgIpc) is 3.10. The van der Waals surface area contributed by atoms with Crippen LogP contribution in [-0.4, -0.2) is 29.5 Å². The predicted octanol–water partition coefficient (Wildman–Crippen LogP) is 2.88. The number of hydrogen-bond donors (Lipinski definition) is 0. The molecule has 0 unspecified atom stereocenters. The summed E-state index contributed by atoms with van der Waals surface area (Å²) < 4.78 is 5.06. The molecule has 1 aromatic carbocycles. The number of imide groups is 1. The molecule has 1 aliphatic rings. The van der Waals surface area contributed by atoms with E-state index in [0.717, 1.165) is 11.1 Å². The van der Waals surface area contributed by atoms with Crippen molar-refractivity contribution in [2.45, 2.75) is 18.9 Å². The number of amides is 2. The molecule has 5 heteroatoms. The molecule has 2 amide bonds. The third-order valence-electron chi connectivity index (χ3n) is 3.48. The van der Waals surface area contributed by atoms with E-state index in [2.05, 4.69) is 0 Å². The van der Waals surface area contributed by atoms with Crippen LogP contribution in [0.25, 0.3) is 0 Å². The van der Waals surface area contributed by atoms with Crippen LogP contribution in [0, 0.1) is 0 Å². The minimum absolute atomic E-state index is 0.197. The first-order valence-electron chi connectivity index (χ1n) is 6.78. The quantitative estimate of drug-likeness (QED) is 0.872. The number of nitrogens with zero attached hydrogens (tertiary/aromatic N) is 1. The van der Waals surface area contributed by atoms with Gasteiger partial charge in [-0.2, -0.15) is 11.3 Å². The van der Waals surface area contributed by atoms with E-state index in [1.165, 1.54) is 4.90 Å². The first-order valence-corrected chi connectivity index (χ1v) is 7.72. The number of thiophene rings is 1. The molecule has 21 heavy (non-hydrogen) atoms. The highest BCUT2D eigenvalue weighted by atomic mass is 32.1. The first kappa shape index (κ1) is 13.8. The van der Waals surface area contributed by atoms with Crippen LogP contribution in [0.4, 0.5) is 4.79 Å². The topological polar surface area (TPSA) is 46.6 Å². The predicted molar refractivity (Wildman–Crippen MR) is 80.2 cm³/mol. The lowest BCUT2D eigenvalue weighted by Crippen LogP contribution is -2.41. The smallest absolute Gasteiger partial charge is 0.416 e. The van der Waals surface area contributed by atoms with Gasteiger partial charge >= 0.3 is 6.09 Å².